The van der Waals surface area contributed by atoms with Gasteiger partial charge in [-0.2, -0.15) is 0 Å². The van der Waals surface area contributed by atoms with Crippen LogP contribution in [-0.4, -0.2) is 10.2 Å². The fourth-order valence-corrected chi connectivity index (χ4v) is 7.00. The number of rotatable bonds is 14. The molecule has 6 rings (SSSR count). The van der Waals surface area contributed by atoms with Crippen molar-refractivity contribution in [3.63, 3.8) is 0 Å². The molecule has 4 heteroatoms. The highest BCUT2D eigenvalue weighted by atomic mass is 19.1. The molecule has 0 amide bonds. The number of benzene rings is 6. The molecule has 0 saturated heterocycles. The van der Waals surface area contributed by atoms with Crippen LogP contribution in [-0.2, 0) is 35.4 Å². The Kier molecular flexibility index (Phi) is 12.5. The van der Waals surface area contributed by atoms with Crippen molar-refractivity contribution in [1.29, 1.82) is 0 Å². The lowest BCUT2D eigenvalue weighted by molar-refractivity contribution is -0.115. The van der Waals surface area contributed by atoms with Gasteiger partial charge in [0.1, 0.15) is 11.2 Å². The Morgan fingerprint density at radius 1 is 0.385 bits per heavy atom. The molecule has 0 aliphatic heterocycles. The summed E-state index contributed by atoms with van der Waals surface area (Å²) in [5.41, 5.74) is -3.82. The molecular formula is C48H46F2O2. The second kappa shape index (κ2) is 17.2. The molecule has 0 radical (unpaired) electrons. The smallest absolute Gasteiger partial charge is 0.172 e. The zero-order chi connectivity index (χ0) is 36.9. The number of alkyl halides is 2. The van der Waals surface area contributed by atoms with Gasteiger partial charge in [0, 0.05) is 25.7 Å². The fourth-order valence-electron chi connectivity index (χ4n) is 7.00. The van der Waals surface area contributed by atoms with Crippen LogP contribution >= 0.6 is 0 Å². The van der Waals surface area contributed by atoms with Crippen molar-refractivity contribution in [1.82, 2.24) is 0 Å². The summed E-state index contributed by atoms with van der Waals surface area (Å²) in [6.07, 6.45) is 3.50. The zero-order valence-corrected chi connectivity index (χ0v) is 29.4. The van der Waals surface area contributed by atoms with E-state index < -0.39 is 22.5 Å². The van der Waals surface area contributed by atoms with E-state index in [1.54, 1.807) is 84.9 Å². The quantitative estimate of drug-likeness (QED) is 0.112. The number of halogens is 2. The van der Waals surface area contributed by atoms with Crippen LogP contribution in [0.2, 0.25) is 0 Å². The third kappa shape index (κ3) is 8.05. The first-order chi connectivity index (χ1) is 25.2. The molecule has 0 heterocycles. The topological polar surface area (TPSA) is 40.5 Å². The molecule has 6 aromatic rings. The highest BCUT2D eigenvalue weighted by molar-refractivity contribution is 5.39. The summed E-state index contributed by atoms with van der Waals surface area (Å²) in [4.78, 5) is 0. The second-order valence-corrected chi connectivity index (χ2v) is 13.1. The van der Waals surface area contributed by atoms with Gasteiger partial charge in [0.2, 0.25) is 0 Å². The van der Waals surface area contributed by atoms with Crippen LogP contribution in [0.5, 0.6) is 0 Å². The van der Waals surface area contributed by atoms with Crippen LogP contribution in [0.3, 0.4) is 0 Å². The average molecular weight is 693 g/mol. The number of aliphatic hydroxyl groups is 2. The van der Waals surface area contributed by atoms with E-state index in [1.807, 2.05) is 109 Å². The van der Waals surface area contributed by atoms with Crippen molar-refractivity contribution in [3.05, 3.63) is 241 Å². The molecule has 0 fully saturated rings. The molecule has 0 spiro atoms. The van der Waals surface area contributed by atoms with Gasteiger partial charge in [-0.05, 0) is 33.4 Å². The van der Waals surface area contributed by atoms with E-state index in [0.717, 1.165) is 11.1 Å². The predicted octanol–water partition coefficient (Wildman–Crippen LogP) is 11.1. The molecule has 0 unspecified atom stereocenters. The third-order valence-electron chi connectivity index (χ3n) is 9.74. The van der Waals surface area contributed by atoms with Gasteiger partial charge in [0.25, 0.3) is 0 Å². The van der Waals surface area contributed by atoms with E-state index >= 15 is 8.78 Å². The molecule has 0 aliphatic carbocycles. The van der Waals surface area contributed by atoms with E-state index in [4.69, 9.17) is 0 Å². The first-order valence-electron chi connectivity index (χ1n) is 17.5. The van der Waals surface area contributed by atoms with Crippen molar-refractivity contribution in [2.45, 2.75) is 48.2 Å². The molecule has 2 nitrogen and oxygen atoms in total. The van der Waals surface area contributed by atoms with Crippen LogP contribution in [0, 0.1) is 0 Å². The fraction of sp³-hybridized carbons (Fsp3) is 0.167. The van der Waals surface area contributed by atoms with Gasteiger partial charge in [0.15, 0.2) is 11.3 Å². The van der Waals surface area contributed by atoms with Crippen molar-refractivity contribution < 1.29 is 19.0 Å². The van der Waals surface area contributed by atoms with E-state index in [1.165, 1.54) is 0 Å². The van der Waals surface area contributed by atoms with Gasteiger partial charge in [-0.15, -0.1) is 13.2 Å². The van der Waals surface area contributed by atoms with Crippen molar-refractivity contribution in [2.75, 3.05) is 0 Å². The minimum absolute atomic E-state index is 0.0666. The normalized spacial score (nSPS) is 15.6. The Morgan fingerprint density at radius 2 is 0.615 bits per heavy atom. The zero-order valence-electron chi connectivity index (χ0n) is 29.4. The highest BCUT2D eigenvalue weighted by Gasteiger charge is 2.54. The van der Waals surface area contributed by atoms with E-state index in [-0.39, 0.29) is 25.7 Å². The molecular weight excluding hydrogens is 647 g/mol. The molecule has 0 saturated carbocycles. The first-order valence-corrected chi connectivity index (χ1v) is 17.5. The van der Waals surface area contributed by atoms with E-state index in [2.05, 4.69) is 13.2 Å². The second-order valence-electron chi connectivity index (χ2n) is 13.1. The Hall–Kier alpha value is -5.42. The summed E-state index contributed by atoms with van der Waals surface area (Å²) in [5.74, 6) is 0. The lowest BCUT2D eigenvalue weighted by Crippen LogP contribution is -2.47. The minimum atomic E-state index is -2.01. The van der Waals surface area contributed by atoms with Crippen molar-refractivity contribution in [3.8, 4) is 0 Å². The molecule has 0 aliphatic rings. The monoisotopic (exact) mass is 692 g/mol. The molecule has 6 aromatic carbocycles. The van der Waals surface area contributed by atoms with Crippen LogP contribution in [0.25, 0.3) is 0 Å². The maximum Gasteiger partial charge on any atom is 0.172 e. The molecule has 4 atom stereocenters. The minimum Gasteiger partial charge on any atom is -0.381 e. The average Bonchev–Trinajstić information content (AvgIpc) is 3.20. The molecule has 2 N–H and O–H groups in total. The summed E-state index contributed by atoms with van der Waals surface area (Å²) in [6, 6.07) is 54.8. The lowest BCUT2D eigenvalue weighted by atomic mass is 9.70. The third-order valence-corrected chi connectivity index (χ3v) is 9.74. The highest BCUT2D eigenvalue weighted by Crippen LogP contribution is 2.50. The molecule has 264 valence electrons. The SMILES string of the molecule is C=CC[C@](O)(c1ccccc1)[C@](F)(Cc1ccccc1)c1ccccc1.C=CC[C@](O)(c1ccccc1)[C@](F)(Cc1ccccc1)c1ccccc1. The molecule has 52 heavy (non-hydrogen) atoms. The number of hydrogen-bond acceptors (Lipinski definition) is 2. The Labute approximate surface area is 307 Å². The van der Waals surface area contributed by atoms with Gasteiger partial charge in [-0.3, -0.25) is 0 Å². The van der Waals surface area contributed by atoms with E-state index in [0.29, 0.717) is 22.3 Å². The standard InChI is InChI=1S/2C24H23FO/c2*1-2-18-24(26,22-16-10-5-11-17-22)23(25,21-14-8-4-9-15-21)19-20-12-6-3-7-13-20/h2*2-17,26H,1,18-19H2/t2*23-,24-/m00/s1. The maximum atomic E-state index is 16.8. The summed E-state index contributed by atoms with van der Waals surface area (Å²) in [5, 5.41) is 23.3. The van der Waals surface area contributed by atoms with Gasteiger partial charge in [-0.25, -0.2) is 8.78 Å². The molecule has 0 aromatic heterocycles. The lowest BCUT2D eigenvalue weighted by Gasteiger charge is -2.42. The Morgan fingerprint density at radius 3 is 0.865 bits per heavy atom. The van der Waals surface area contributed by atoms with Gasteiger partial charge >= 0.3 is 0 Å². The van der Waals surface area contributed by atoms with Crippen LogP contribution in [0.15, 0.2) is 207 Å². The Bertz CT molecular complexity index is 1810. The predicted molar refractivity (Wildman–Crippen MR) is 209 cm³/mol. The summed E-state index contributed by atoms with van der Waals surface area (Å²) < 4.78 is 33.7. The summed E-state index contributed by atoms with van der Waals surface area (Å²) in [6.45, 7) is 7.52. The number of hydrogen-bond donors (Lipinski definition) is 2. The first kappa shape index (κ1) is 37.8. The summed E-state index contributed by atoms with van der Waals surface area (Å²) in [7, 11) is 0. The van der Waals surface area contributed by atoms with Gasteiger partial charge in [-0.1, -0.05) is 194 Å². The van der Waals surface area contributed by atoms with Gasteiger partial charge in [0.05, 0.1) is 0 Å². The van der Waals surface area contributed by atoms with E-state index in [9.17, 15) is 10.2 Å². The van der Waals surface area contributed by atoms with Crippen molar-refractivity contribution in [2.24, 2.45) is 0 Å². The van der Waals surface area contributed by atoms with Crippen molar-refractivity contribution >= 4 is 0 Å². The van der Waals surface area contributed by atoms with Gasteiger partial charge < -0.3 is 10.2 Å². The maximum absolute atomic E-state index is 16.8. The van der Waals surface area contributed by atoms with Crippen LogP contribution < -0.4 is 0 Å². The molecule has 0 bridgehead atoms. The summed E-state index contributed by atoms with van der Waals surface area (Å²) >= 11 is 0. The largest absolute Gasteiger partial charge is 0.381 e. The van der Waals surface area contributed by atoms with Crippen LogP contribution in [0.1, 0.15) is 46.2 Å². The van der Waals surface area contributed by atoms with Crippen LogP contribution in [0.4, 0.5) is 8.78 Å². The Balaban J connectivity index is 0.000000201.